The summed E-state index contributed by atoms with van der Waals surface area (Å²) in [5.74, 6) is 0.00493. The van der Waals surface area contributed by atoms with E-state index >= 15 is 0 Å². The molecule has 1 aliphatic heterocycles. The molecular formula is C8H13IN2O2. The molecule has 1 fully saturated rings. The summed E-state index contributed by atoms with van der Waals surface area (Å²) >= 11 is 2.26. The van der Waals surface area contributed by atoms with Gasteiger partial charge in [-0.1, -0.05) is 22.6 Å². The Kier molecular flexibility index (Phi) is 3.52. The highest BCUT2D eigenvalue weighted by molar-refractivity contribution is 14.1. The van der Waals surface area contributed by atoms with E-state index in [1.165, 1.54) is 0 Å². The number of hydrogen-bond acceptors (Lipinski definition) is 2. The van der Waals surface area contributed by atoms with Crippen LogP contribution in [-0.4, -0.2) is 33.7 Å². The molecule has 1 heterocycles. The fourth-order valence-electron chi connectivity index (χ4n) is 1.44. The van der Waals surface area contributed by atoms with Crippen molar-refractivity contribution in [3.05, 3.63) is 0 Å². The number of carbonyl (C=O) groups is 2. The van der Waals surface area contributed by atoms with Crippen LogP contribution in [0.2, 0.25) is 0 Å². The topological polar surface area (TPSA) is 63.4 Å². The van der Waals surface area contributed by atoms with Gasteiger partial charge < -0.3 is 10.6 Å². The van der Waals surface area contributed by atoms with E-state index in [1.54, 1.807) is 11.8 Å². The molecule has 13 heavy (non-hydrogen) atoms. The third kappa shape index (κ3) is 2.32. The molecule has 2 N–H and O–H groups in total. The van der Waals surface area contributed by atoms with Crippen molar-refractivity contribution in [2.75, 3.05) is 11.0 Å². The summed E-state index contributed by atoms with van der Waals surface area (Å²) in [5, 5.41) is 0. The Labute approximate surface area is 91.0 Å². The average Bonchev–Trinajstić information content (AvgIpc) is 2.45. The molecule has 4 nitrogen and oxygen atoms in total. The largest absolute Gasteiger partial charge is 0.368 e. The lowest BCUT2D eigenvalue weighted by molar-refractivity contribution is -0.135. The van der Waals surface area contributed by atoms with E-state index in [0.29, 0.717) is 18.9 Å². The molecule has 1 rings (SSSR count). The van der Waals surface area contributed by atoms with Gasteiger partial charge in [-0.2, -0.15) is 0 Å². The molecule has 1 aliphatic rings. The van der Waals surface area contributed by atoms with Crippen molar-refractivity contribution < 1.29 is 9.59 Å². The summed E-state index contributed by atoms with van der Waals surface area (Å²) in [4.78, 5) is 23.8. The minimum absolute atomic E-state index is 0.0490. The smallest absolute Gasteiger partial charge is 0.239 e. The van der Waals surface area contributed by atoms with Gasteiger partial charge in [0.25, 0.3) is 0 Å². The van der Waals surface area contributed by atoms with Crippen molar-refractivity contribution in [3.63, 3.8) is 0 Å². The van der Waals surface area contributed by atoms with Gasteiger partial charge in [0, 0.05) is 17.4 Å². The number of carbonyl (C=O) groups excluding carboxylic acids is 2. The van der Waals surface area contributed by atoms with E-state index < -0.39 is 11.9 Å². The first-order chi connectivity index (χ1) is 6.06. The lowest BCUT2D eigenvalue weighted by Gasteiger charge is -2.21. The van der Waals surface area contributed by atoms with Crippen LogP contribution in [0.25, 0.3) is 0 Å². The van der Waals surface area contributed by atoms with Crippen molar-refractivity contribution in [1.29, 1.82) is 0 Å². The maximum absolute atomic E-state index is 11.4. The molecule has 0 saturated carbocycles. The van der Waals surface area contributed by atoms with Crippen LogP contribution in [0.3, 0.4) is 0 Å². The third-order valence-corrected chi connectivity index (χ3v) is 3.58. The van der Waals surface area contributed by atoms with Gasteiger partial charge in [-0.15, -0.1) is 0 Å². The standard InChI is InChI=1S/C8H13IN2O2/c1-5(8(10)13)11-4-6(3-9)2-7(11)12/h5-6H,2-4H2,1H3,(H2,10,13). The average molecular weight is 296 g/mol. The summed E-state index contributed by atoms with van der Waals surface area (Å²) in [7, 11) is 0. The molecule has 74 valence electrons. The summed E-state index contributed by atoms with van der Waals surface area (Å²) in [6.45, 7) is 2.35. The molecule has 2 unspecified atom stereocenters. The molecule has 0 spiro atoms. The quantitative estimate of drug-likeness (QED) is 0.595. The van der Waals surface area contributed by atoms with Crippen molar-refractivity contribution in [3.8, 4) is 0 Å². The van der Waals surface area contributed by atoms with E-state index in [2.05, 4.69) is 22.6 Å². The number of likely N-dealkylation sites (tertiary alicyclic amines) is 1. The molecule has 2 atom stereocenters. The monoisotopic (exact) mass is 296 g/mol. The van der Waals surface area contributed by atoms with Gasteiger partial charge in [0.15, 0.2) is 0 Å². The molecule has 1 saturated heterocycles. The predicted molar refractivity (Wildman–Crippen MR) is 57.4 cm³/mol. The van der Waals surface area contributed by atoms with Crippen LogP contribution in [0.4, 0.5) is 0 Å². The van der Waals surface area contributed by atoms with Crippen LogP contribution in [-0.2, 0) is 9.59 Å². The number of alkyl halides is 1. The summed E-state index contributed by atoms with van der Waals surface area (Å²) in [6.07, 6.45) is 0.556. The molecule has 0 aromatic rings. The molecule has 0 aromatic carbocycles. The normalized spacial score (nSPS) is 24.9. The Balaban J connectivity index is 2.62. The first kappa shape index (κ1) is 10.7. The Bertz CT molecular complexity index is 232. The SMILES string of the molecule is CC(C(N)=O)N1CC(CI)CC1=O. The van der Waals surface area contributed by atoms with Gasteiger partial charge in [-0.25, -0.2) is 0 Å². The zero-order chi connectivity index (χ0) is 10.0. The van der Waals surface area contributed by atoms with Gasteiger partial charge >= 0.3 is 0 Å². The minimum Gasteiger partial charge on any atom is -0.368 e. The fraction of sp³-hybridized carbons (Fsp3) is 0.750. The van der Waals surface area contributed by atoms with Gasteiger partial charge in [0.2, 0.25) is 11.8 Å². The number of nitrogens with zero attached hydrogens (tertiary/aromatic N) is 1. The lowest BCUT2D eigenvalue weighted by Crippen LogP contribution is -2.43. The van der Waals surface area contributed by atoms with Gasteiger partial charge in [-0.05, 0) is 12.8 Å². The summed E-state index contributed by atoms with van der Waals surface area (Å²) < 4.78 is 0.950. The lowest BCUT2D eigenvalue weighted by atomic mass is 10.2. The number of hydrogen-bond donors (Lipinski definition) is 1. The Hall–Kier alpha value is -0.330. The summed E-state index contributed by atoms with van der Waals surface area (Å²) in [6, 6.07) is -0.458. The maximum Gasteiger partial charge on any atom is 0.239 e. The fourth-order valence-corrected chi connectivity index (χ4v) is 2.03. The van der Waals surface area contributed by atoms with Gasteiger partial charge in [0.05, 0.1) is 0 Å². The summed E-state index contributed by atoms with van der Waals surface area (Å²) in [5.41, 5.74) is 5.13. The second kappa shape index (κ2) is 4.26. The number of halogens is 1. The van der Waals surface area contributed by atoms with Crippen molar-refractivity contribution in [2.24, 2.45) is 11.7 Å². The second-order valence-electron chi connectivity index (χ2n) is 3.35. The highest BCUT2D eigenvalue weighted by atomic mass is 127. The molecular weight excluding hydrogens is 283 g/mol. The molecule has 0 radical (unpaired) electrons. The van der Waals surface area contributed by atoms with Gasteiger partial charge in [-0.3, -0.25) is 9.59 Å². The zero-order valence-electron chi connectivity index (χ0n) is 7.50. The molecule has 5 heteroatoms. The molecule has 2 amide bonds. The Morgan fingerprint density at radius 1 is 1.85 bits per heavy atom. The predicted octanol–water partition coefficient (Wildman–Crippen LogP) is 0.144. The number of nitrogens with two attached hydrogens (primary N) is 1. The second-order valence-corrected chi connectivity index (χ2v) is 4.23. The van der Waals surface area contributed by atoms with E-state index in [-0.39, 0.29) is 5.91 Å². The van der Waals surface area contributed by atoms with E-state index in [9.17, 15) is 9.59 Å². The van der Waals surface area contributed by atoms with Crippen molar-refractivity contribution >= 4 is 34.4 Å². The number of amides is 2. The maximum atomic E-state index is 11.4. The van der Waals surface area contributed by atoms with Crippen LogP contribution < -0.4 is 5.73 Å². The molecule has 0 aromatic heterocycles. The minimum atomic E-state index is -0.458. The zero-order valence-corrected chi connectivity index (χ0v) is 9.65. The third-order valence-electron chi connectivity index (χ3n) is 2.34. The van der Waals surface area contributed by atoms with E-state index in [1.807, 2.05) is 0 Å². The van der Waals surface area contributed by atoms with Crippen LogP contribution in [0, 0.1) is 5.92 Å². The van der Waals surface area contributed by atoms with Gasteiger partial charge in [0.1, 0.15) is 6.04 Å². The number of primary amides is 1. The van der Waals surface area contributed by atoms with Crippen LogP contribution in [0.15, 0.2) is 0 Å². The first-order valence-corrected chi connectivity index (χ1v) is 5.73. The highest BCUT2D eigenvalue weighted by Crippen LogP contribution is 2.21. The highest BCUT2D eigenvalue weighted by Gasteiger charge is 2.33. The molecule has 0 bridgehead atoms. The first-order valence-electron chi connectivity index (χ1n) is 4.21. The van der Waals surface area contributed by atoms with Crippen molar-refractivity contribution in [1.82, 2.24) is 4.90 Å². The Morgan fingerprint density at radius 3 is 2.85 bits per heavy atom. The molecule has 0 aliphatic carbocycles. The van der Waals surface area contributed by atoms with Crippen LogP contribution >= 0.6 is 22.6 Å². The van der Waals surface area contributed by atoms with Crippen LogP contribution in [0.1, 0.15) is 13.3 Å². The van der Waals surface area contributed by atoms with Crippen LogP contribution in [0.5, 0.6) is 0 Å². The van der Waals surface area contributed by atoms with Crippen molar-refractivity contribution in [2.45, 2.75) is 19.4 Å². The van der Waals surface area contributed by atoms with E-state index in [0.717, 1.165) is 4.43 Å². The number of rotatable bonds is 3. The Morgan fingerprint density at radius 2 is 2.46 bits per heavy atom. The van der Waals surface area contributed by atoms with E-state index in [4.69, 9.17) is 5.73 Å².